The quantitative estimate of drug-likeness (QED) is 0.506. The summed E-state index contributed by atoms with van der Waals surface area (Å²) in [6, 6.07) is 17.3. The highest BCUT2D eigenvalue weighted by molar-refractivity contribution is 6.32. The minimum atomic E-state index is -1.64. The van der Waals surface area contributed by atoms with Gasteiger partial charge in [-0.05, 0) is 42.7 Å². The fraction of sp³-hybridized carbons (Fsp3) is 0.207. The van der Waals surface area contributed by atoms with Gasteiger partial charge in [-0.25, -0.2) is 4.39 Å². The van der Waals surface area contributed by atoms with Crippen LogP contribution < -0.4 is 4.90 Å². The molecule has 0 unspecified atom stereocenters. The van der Waals surface area contributed by atoms with Gasteiger partial charge in [-0.2, -0.15) is 0 Å². The maximum absolute atomic E-state index is 15.4. The van der Waals surface area contributed by atoms with Gasteiger partial charge in [-0.15, -0.1) is 0 Å². The highest BCUT2D eigenvalue weighted by atomic mass is 19.1. The van der Waals surface area contributed by atoms with E-state index in [2.05, 4.69) is 0 Å². The van der Waals surface area contributed by atoms with Gasteiger partial charge in [0.05, 0.1) is 12.1 Å². The number of benzene rings is 3. The van der Waals surface area contributed by atoms with E-state index in [1.807, 2.05) is 42.2 Å². The van der Waals surface area contributed by atoms with E-state index in [4.69, 9.17) is 0 Å². The molecule has 3 atom stereocenters. The second kappa shape index (κ2) is 7.07. The average Bonchev–Trinajstić information content (AvgIpc) is 3.26. The monoisotopic (exact) mass is 451 g/mol. The predicted octanol–water partition coefficient (Wildman–Crippen LogP) is 5.16. The van der Waals surface area contributed by atoms with Crippen molar-refractivity contribution in [3.63, 3.8) is 0 Å². The lowest BCUT2D eigenvalue weighted by atomic mass is 9.64. The van der Waals surface area contributed by atoms with Crippen LogP contribution in [0.1, 0.15) is 50.2 Å². The second-order valence-electron chi connectivity index (χ2n) is 9.40. The first-order valence-corrected chi connectivity index (χ1v) is 11.4. The van der Waals surface area contributed by atoms with Crippen LogP contribution in [0.2, 0.25) is 0 Å². The molecule has 0 amide bonds. The van der Waals surface area contributed by atoms with Crippen molar-refractivity contribution in [1.29, 1.82) is 0 Å². The first kappa shape index (κ1) is 20.7. The van der Waals surface area contributed by atoms with E-state index in [1.54, 1.807) is 42.5 Å². The number of Topliss-reactive ketones (excluding diaryl/α,β-unsaturated/α-hetero) is 3. The molecule has 1 fully saturated rings. The highest BCUT2D eigenvalue weighted by Gasteiger charge is 2.71. The molecule has 3 aliphatic rings. The molecule has 0 saturated carbocycles. The van der Waals surface area contributed by atoms with Crippen LogP contribution in [-0.4, -0.2) is 29.4 Å². The van der Waals surface area contributed by atoms with Gasteiger partial charge in [0, 0.05) is 22.7 Å². The third kappa shape index (κ3) is 2.44. The van der Waals surface area contributed by atoms with E-state index in [9.17, 15) is 14.4 Å². The molecular weight excluding hydrogens is 429 g/mol. The molecular formula is C29H22FNO3. The van der Waals surface area contributed by atoms with Crippen molar-refractivity contribution in [2.24, 2.45) is 5.41 Å². The molecule has 0 radical (unpaired) electrons. The number of anilines is 1. The summed E-state index contributed by atoms with van der Waals surface area (Å²) in [5.41, 5.74) is 1.92. The Hall–Kier alpha value is -3.86. The summed E-state index contributed by atoms with van der Waals surface area (Å²) in [5.74, 6) is -2.40. The molecule has 2 heterocycles. The number of ketones is 3. The summed E-state index contributed by atoms with van der Waals surface area (Å²) in [6.07, 6.45) is 3.75. The summed E-state index contributed by atoms with van der Waals surface area (Å²) in [6.45, 7) is 3.41. The van der Waals surface area contributed by atoms with Gasteiger partial charge in [-0.3, -0.25) is 14.4 Å². The molecule has 5 heteroatoms. The summed E-state index contributed by atoms with van der Waals surface area (Å²) in [5, 5.41) is 0. The molecule has 1 spiro atoms. The lowest BCUT2D eigenvalue weighted by molar-refractivity contribution is -0.118. The van der Waals surface area contributed by atoms with Gasteiger partial charge >= 0.3 is 0 Å². The first-order valence-electron chi connectivity index (χ1n) is 11.4. The van der Waals surface area contributed by atoms with Crippen LogP contribution in [-0.2, 0) is 4.79 Å². The molecule has 3 aromatic rings. The fourth-order valence-corrected chi connectivity index (χ4v) is 6.30. The first-order chi connectivity index (χ1) is 16.4. The van der Waals surface area contributed by atoms with Gasteiger partial charge < -0.3 is 4.90 Å². The number of hydrogen-bond acceptors (Lipinski definition) is 4. The number of rotatable bonds is 2. The maximum atomic E-state index is 15.4. The second-order valence-corrected chi connectivity index (χ2v) is 9.40. The molecule has 0 bridgehead atoms. The van der Waals surface area contributed by atoms with Crippen LogP contribution in [0.5, 0.6) is 0 Å². The van der Waals surface area contributed by atoms with Crippen LogP contribution in [0.4, 0.5) is 10.1 Å². The Labute approximate surface area is 196 Å². The molecule has 1 aliphatic carbocycles. The summed E-state index contributed by atoms with van der Waals surface area (Å²) in [4.78, 5) is 43.6. The Morgan fingerprint density at radius 2 is 1.59 bits per heavy atom. The molecule has 4 nitrogen and oxygen atoms in total. The maximum Gasteiger partial charge on any atom is 0.180 e. The Bertz CT molecular complexity index is 1400. The fourth-order valence-electron chi connectivity index (χ4n) is 6.30. The van der Waals surface area contributed by atoms with E-state index in [-0.39, 0.29) is 22.9 Å². The minimum Gasteiger partial charge on any atom is -0.352 e. The van der Waals surface area contributed by atoms with Crippen LogP contribution in [0.3, 0.4) is 0 Å². The van der Waals surface area contributed by atoms with E-state index in [0.717, 1.165) is 16.8 Å². The Morgan fingerprint density at radius 3 is 2.24 bits per heavy atom. The molecule has 6 rings (SSSR count). The number of halogens is 1. The lowest BCUT2D eigenvalue weighted by Crippen LogP contribution is -2.48. The van der Waals surface area contributed by atoms with Crippen molar-refractivity contribution < 1.29 is 18.8 Å². The number of nitrogens with zero attached hydrogens (tertiary/aromatic N) is 1. The molecule has 3 aromatic carbocycles. The smallest absolute Gasteiger partial charge is 0.180 e. The SMILES string of the molecule is CC(=O)[C@H]1[C@H](c2ccccc2F)C2(C(=O)c3ccccc3C2=O)[C@H]2C=Cc3ccc(C)cc3N12. The molecule has 168 valence electrons. The van der Waals surface area contributed by atoms with Crippen molar-refractivity contribution in [3.05, 3.63) is 106 Å². The normalized spacial score (nSPS) is 23.7. The Balaban J connectivity index is 1.71. The van der Waals surface area contributed by atoms with Crippen molar-refractivity contribution >= 4 is 29.1 Å². The predicted molar refractivity (Wildman–Crippen MR) is 128 cm³/mol. The minimum absolute atomic E-state index is 0.213. The molecule has 1 saturated heterocycles. The van der Waals surface area contributed by atoms with Crippen LogP contribution in [0.25, 0.3) is 6.08 Å². The summed E-state index contributed by atoms with van der Waals surface area (Å²) in [7, 11) is 0. The van der Waals surface area contributed by atoms with E-state index < -0.39 is 29.2 Å². The zero-order valence-electron chi connectivity index (χ0n) is 18.8. The van der Waals surface area contributed by atoms with E-state index in [1.165, 1.54) is 13.0 Å². The van der Waals surface area contributed by atoms with Gasteiger partial charge in [-0.1, -0.05) is 66.7 Å². The van der Waals surface area contributed by atoms with Crippen LogP contribution in [0, 0.1) is 18.2 Å². The third-order valence-electron chi connectivity index (χ3n) is 7.62. The van der Waals surface area contributed by atoms with Crippen LogP contribution in [0.15, 0.2) is 72.8 Å². The Kier molecular flexibility index (Phi) is 4.31. The number of aryl methyl sites for hydroxylation is 1. The Morgan fingerprint density at radius 1 is 0.941 bits per heavy atom. The zero-order chi connectivity index (χ0) is 23.8. The van der Waals surface area contributed by atoms with Crippen molar-refractivity contribution in [1.82, 2.24) is 0 Å². The van der Waals surface area contributed by atoms with Crippen molar-refractivity contribution in [2.75, 3.05) is 4.90 Å². The largest absolute Gasteiger partial charge is 0.352 e. The lowest BCUT2D eigenvalue weighted by Gasteiger charge is -2.37. The van der Waals surface area contributed by atoms with Gasteiger partial charge in [0.1, 0.15) is 11.2 Å². The third-order valence-corrected chi connectivity index (χ3v) is 7.62. The molecule has 0 aromatic heterocycles. The standard InChI is InChI=1S/C29H22FNO3/c1-16-11-12-18-13-14-24-29(27(33)19-7-3-4-8-20(19)28(29)34)25(21-9-5-6-10-22(21)30)26(17(2)32)31(24)23(18)15-16/h3-15,24-26H,1-2H3/t24-,25+,26+/m1/s1. The van der Waals surface area contributed by atoms with Crippen molar-refractivity contribution in [3.8, 4) is 0 Å². The number of hydrogen-bond donors (Lipinski definition) is 0. The number of fused-ring (bicyclic) bond motifs is 5. The van der Waals surface area contributed by atoms with Gasteiger partial charge in [0.25, 0.3) is 0 Å². The van der Waals surface area contributed by atoms with Crippen molar-refractivity contribution in [2.45, 2.75) is 31.8 Å². The zero-order valence-corrected chi connectivity index (χ0v) is 18.8. The number of carbonyl (C=O) groups excluding carboxylic acids is 3. The molecule has 0 N–H and O–H groups in total. The van der Waals surface area contributed by atoms with E-state index in [0.29, 0.717) is 11.1 Å². The highest BCUT2D eigenvalue weighted by Crippen LogP contribution is 2.60. The van der Waals surface area contributed by atoms with Gasteiger partial charge in [0.15, 0.2) is 17.3 Å². The average molecular weight is 451 g/mol. The van der Waals surface area contributed by atoms with Crippen LogP contribution >= 0.6 is 0 Å². The summed E-state index contributed by atoms with van der Waals surface area (Å²) < 4.78 is 15.4. The van der Waals surface area contributed by atoms with Gasteiger partial charge in [0.2, 0.25) is 0 Å². The molecule has 2 aliphatic heterocycles. The summed E-state index contributed by atoms with van der Waals surface area (Å²) >= 11 is 0. The topological polar surface area (TPSA) is 54.5 Å². The van der Waals surface area contributed by atoms with E-state index >= 15 is 4.39 Å². The number of carbonyl (C=O) groups is 3. The molecule has 34 heavy (non-hydrogen) atoms.